The van der Waals surface area contributed by atoms with Gasteiger partial charge in [-0.05, 0) is 49.6 Å². The first-order chi connectivity index (χ1) is 15.7. The summed E-state index contributed by atoms with van der Waals surface area (Å²) in [4.78, 5) is 23.2. The number of nitrogens with zero attached hydrogens (tertiary/aromatic N) is 3. The van der Waals surface area contributed by atoms with Crippen LogP contribution in [0.4, 0.5) is 0 Å². The molecule has 1 amide bonds. The zero-order chi connectivity index (χ0) is 24.0. The largest absolute Gasteiger partial charge is 0.487 e. The molecule has 2 aromatic rings. The molecule has 2 aliphatic heterocycles. The summed E-state index contributed by atoms with van der Waals surface area (Å²) in [5.41, 5.74) is 9.77. The van der Waals surface area contributed by atoms with Gasteiger partial charge in [-0.1, -0.05) is 37.7 Å². The first kappa shape index (κ1) is 24.0. The Bertz CT molecular complexity index is 1030. The van der Waals surface area contributed by atoms with E-state index in [4.69, 9.17) is 15.3 Å². The molecule has 3 heterocycles. The third-order valence-corrected chi connectivity index (χ3v) is 7.64. The Kier molecular flexibility index (Phi) is 6.49. The highest BCUT2D eigenvalue weighted by molar-refractivity contribution is 7.98. The zero-order valence-electron chi connectivity index (χ0n) is 19.8. The average molecular weight is 476 g/mol. The molecule has 4 unspecified atom stereocenters. The molecule has 2 fully saturated rings. The lowest BCUT2D eigenvalue weighted by Crippen LogP contribution is -2.56. The highest BCUT2D eigenvalue weighted by atomic mass is 32.2. The number of fused-ring (bicyclic) bond motifs is 1. The highest BCUT2D eigenvalue weighted by Gasteiger charge is 2.76. The van der Waals surface area contributed by atoms with Gasteiger partial charge in [0.15, 0.2) is 10.9 Å². The minimum Gasteiger partial charge on any atom is -0.487 e. The highest BCUT2D eigenvalue weighted by Crippen LogP contribution is 2.60. The third kappa shape index (κ3) is 3.93. The number of aromatic nitrogens is 2. The van der Waals surface area contributed by atoms with Crippen molar-refractivity contribution in [2.24, 2.45) is 24.6 Å². The van der Waals surface area contributed by atoms with Crippen molar-refractivity contribution in [1.29, 1.82) is 0 Å². The van der Waals surface area contributed by atoms with Crippen LogP contribution in [0.15, 0.2) is 29.4 Å². The molecule has 0 aliphatic carbocycles. The number of carbonyl (C=O) groups excluding carboxylic acids is 1. The van der Waals surface area contributed by atoms with Crippen LogP contribution in [0.5, 0.6) is 5.75 Å². The Morgan fingerprint density at radius 2 is 2.09 bits per heavy atom. The lowest BCUT2D eigenvalue weighted by molar-refractivity contribution is -0.137. The van der Waals surface area contributed by atoms with Gasteiger partial charge in [-0.25, -0.2) is 10.5 Å². The fraction of sp³-hybridized carbons (Fsp3) is 0.565. The number of nitrogens with two attached hydrogens (primary N) is 1. The van der Waals surface area contributed by atoms with Crippen molar-refractivity contribution in [2.45, 2.75) is 56.6 Å². The van der Waals surface area contributed by atoms with Gasteiger partial charge in [-0.2, -0.15) is 5.06 Å². The molecule has 4 rings (SSSR count). The first-order valence-electron chi connectivity index (χ1n) is 11.2. The van der Waals surface area contributed by atoms with Crippen LogP contribution in [0, 0.1) is 18.8 Å². The summed E-state index contributed by atoms with van der Waals surface area (Å²) in [7, 11) is 2.00. The Morgan fingerprint density at radius 3 is 2.64 bits per heavy atom. The second-order valence-corrected chi connectivity index (χ2v) is 10.0. The molecule has 0 saturated carbocycles. The number of amides is 1. The SMILES string of the molecule is CSc1nc(COc2ccc(C3(N)CCN4OC43C(CC(C)C)C(=O)NO)cc2)c(C)n1C. The second kappa shape index (κ2) is 8.92. The van der Waals surface area contributed by atoms with Crippen molar-refractivity contribution in [3.63, 3.8) is 0 Å². The standard InChI is InChI=1S/C23H33N5O4S/c1-14(2)12-18(20(29)26-30)23-22(24,10-11-28(23)32-23)16-6-8-17(9-7-16)31-13-19-15(3)27(4)21(25-19)33-5/h6-9,14,18,30H,10-13,24H2,1-5H3,(H,26,29). The van der Waals surface area contributed by atoms with Crippen molar-refractivity contribution in [2.75, 3.05) is 12.8 Å². The van der Waals surface area contributed by atoms with Gasteiger partial charge in [0.2, 0.25) is 0 Å². The fourth-order valence-electron chi connectivity index (χ4n) is 4.94. The number of ether oxygens (including phenoxy) is 1. The van der Waals surface area contributed by atoms with Gasteiger partial charge in [0.05, 0.1) is 17.2 Å². The summed E-state index contributed by atoms with van der Waals surface area (Å²) in [5, 5.41) is 12.1. The molecule has 180 valence electrons. The first-order valence-corrected chi connectivity index (χ1v) is 12.4. The molecule has 33 heavy (non-hydrogen) atoms. The van der Waals surface area contributed by atoms with Crippen molar-refractivity contribution in [3.05, 3.63) is 41.2 Å². The van der Waals surface area contributed by atoms with E-state index in [1.54, 1.807) is 16.8 Å². The van der Waals surface area contributed by atoms with Crippen LogP contribution in [-0.4, -0.2) is 44.3 Å². The van der Waals surface area contributed by atoms with Crippen molar-refractivity contribution < 1.29 is 19.6 Å². The maximum Gasteiger partial charge on any atom is 0.251 e. The van der Waals surface area contributed by atoms with Crippen LogP contribution >= 0.6 is 11.8 Å². The number of hydrogen-bond acceptors (Lipinski definition) is 8. The molecule has 10 heteroatoms. The summed E-state index contributed by atoms with van der Waals surface area (Å²) >= 11 is 1.60. The van der Waals surface area contributed by atoms with E-state index in [-0.39, 0.29) is 5.92 Å². The Hall–Kier alpha value is -2.11. The molecule has 9 nitrogen and oxygen atoms in total. The second-order valence-electron chi connectivity index (χ2n) is 9.27. The molecule has 0 radical (unpaired) electrons. The maximum atomic E-state index is 12.6. The molecule has 4 N–H and O–H groups in total. The van der Waals surface area contributed by atoms with Crippen molar-refractivity contribution in [1.82, 2.24) is 20.1 Å². The van der Waals surface area contributed by atoms with Crippen LogP contribution in [0.1, 0.15) is 43.6 Å². The number of thioether (sulfide) groups is 1. The Morgan fingerprint density at radius 1 is 1.39 bits per heavy atom. The van der Waals surface area contributed by atoms with Gasteiger partial charge < -0.3 is 15.0 Å². The van der Waals surface area contributed by atoms with E-state index in [1.807, 2.05) is 63.8 Å². The van der Waals surface area contributed by atoms with Crippen LogP contribution in [0.2, 0.25) is 0 Å². The number of carbonyl (C=O) groups is 1. The molecule has 1 aromatic heterocycles. The van der Waals surface area contributed by atoms with Gasteiger partial charge in [-0.15, -0.1) is 0 Å². The van der Waals surface area contributed by atoms with Crippen LogP contribution in [0.25, 0.3) is 0 Å². The number of hydrogen-bond donors (Lipinski definition) is 3. The normalized spacial score (nSPS) is 26.8. The van der Waals surface area contributed by atoms with E-state index in [1.165, 1.54) is 0 Å². The van der Waals surface area contributed by atoms with E-state index in [2.05, 4.69) is 9.55 Å². The molecule has 4 atom stereocenters. The summed E-state index contributed by atoms with van der Waals surface area (Å²) in [5.74, 6) is -0.123. The van der Waals surface area contributed by atoms with Crippen LogP contribution in [0.3, 0.4) is 0 Å². The van der Waals surface area contributed by atoms with E-state index in [9.17, 15) is 10.0 Å². The van der Waals surface area contributed by atoms with E-state index < -0.39 is 23.1 Å². The average Bonchev–Trinajstić information content (AvgIpc) is 3.40. The number of hydroxylamine groups is 3. The third-order valence-electron chi connectivity index (χ3n) is 6.91. The number of imidazole rings is 1. The number of rotatable bonds is 9. The molecular weight excluding hydrogens is 442 g/mol. The predicted octanol–water partition coefficient (Wildman–Crippen LogP) is 2.70. The maximum absolute atomic E-state index is 12.6. The number of benzene rings is 1. The number of nitrogens with one attached hydrogen (secondary N) is 1. The topological polar surface area (TPSA) is 118 Å². The monoisotopic (exact) mass is 475 g/mol. The summed E-state index contributed by atoms with van der Waals surface area (Å²) in [6.07, 6.45) is 3.19. The van der Waals surface area contributed by atoms with Gasteiger partial charge in [0.1, 0.15) is 12.4 Å². The van der Waals surface area contributed by atoms with Crippen molar-refractivity contribution >= 4 is 17.7 Å². The summed E-state index contributed by atoms with van der Waals surface area (Å²) in [6, 6.07) is 7.65. The quantitative estimate of drug-likeness (QED) is 0.219. The molecule has 2 saturated heterocycles. The summed E-state index contributed by atoms with van der Waals surface area (Å²) < 4.78 is 8.05. The smallest absolute Gasteiger partial charge is 0.251 e. The lowest BCUT2D eigenvalue weighted by atomic mass is 9.73. The van der Waals surface area contributed by atoms with Crippen LogP contribution < -0.4 is 16.0 Å². The van der Waals surface area contributed by atoms with E-state index >= 15 is 0 Å². The fourth-order valence-corrected chi connectivity index (χ4v) is 5.55. The zero-order valence-corrected chi connectivity index (χ0v) is 20.6. The molecule has 0 bridgehead atoms. The van der Waals surface area contributed by atoms with Gasteiger partial charge in [-0.3, -0.25) is 14.8 Å². The molecule has 0 spiro atoms. The predicted molar refractivity (Wildman–Crippen MR) is 124 cm³/mol. The molecular formula is C23H33N5O4S. The minimum atomic E-state index is -0.967. The molecule has 2 aliphatic rings. The molecule has 1 aromatic carbocycles. The van der Waals surface area contributed by atoms with Gasteiger partial charge in [0, 0.05) is 19.3 Å². The Labute approximate surface area is 198 Å². The van der Waals surface area contributed by atoms with Crippen LogP contribution in [-0.2, 0) is 28.8 Å². The van der Waals surface area contributed by atoms with E-state index in [0.29, 0.717) is 31.7 Å². The lowest BCUT2D eigenvalue weighted by Gasteiger charge is -2.35. The Balaban J connectivity index is 1.53. The van der Waals surface area contributed by atoms with Gasteiger partial charge in [0.25, 0.3) is 5.91 Å². The van der Waals surface area contributed by atoms with Crippen molar-refractivity contribution in [3.8, 4) is 5.75 Å². The van der Waals surface area contributed by atoms with E-state index in [0.717, 1.165) is 22.1 Å². The van der Waals surface area contributed by atoms with Gasteiger partial charge >= 0.3 is 0 Å². The summed E-state index contributed by atoms with van der Waals surface area (Å²) in [6.45, 7) is 7.10. The minimum absolute atomic E-state index is 0.232.